The van der Waals surface area contributed by atoms with E-state index in [1.54, 1.807) is 0 Å². The molecule has 0 aromatic rings. The summed E-state index contributed by atoms with van der Waals surface area (Å²) in [5.74, 6) is 0.673. The van der Waals surface area contributed by atoms with Crippen molar-refractivity contribution in [2.75, 3.05) is 0 Å². The van der Waals surface area contributed by atoms with E-state index in [-0.39, 0.29) is 29.9 Å². The second-order valence-electron chi connectivity index (χ2n) is 5.32. The number of nitrogens with one attached hydrogen (secondary N) is 1. The normalized spacial score (nSPS) is 32.1. The van der Waals surface area contributed by atoms with E-state index in [0.717, 1.165) is 0 Å². The molecule has 1 heterocycles. The van der Waals surface area contributed by atoms with Gasteiger partial charge < -0.3 is 10.2 Å². The van der Waals surface area contributed by atoms with Crippen molar-refractivity contribution in [1.82, 2.24) is 10.2 Å². The molecule has 0 bridgehead atoms. The van der Waals surface area contributed by atoms with Gasteiger partial charge in [-0.25, -0.2) is 0 Å². The third kappa shape index (κ3) is 2.05. The maximum absolute atomic E-state index is 12.3. The molecule has 17 heavy (non-hydrogen) atoms. The molecule has 0 aromatic heterocycles. The Morgan fingerprint density at radius 1 is 1.41 bits per heavy atom. The first-order valence-electron chi connectivity index (χ1n) is 6.68. The number of carbonyl (C=O) groups is 2. The van der Waals surface area contributed by atoms with E-state index in [1.807, 2.05) is 18.7 Å². The van der Waals surface area contributed by atoms with Crippen molar-refractivity contribution in [3.05, 3.63) is 0 Å². The number of nitrogens with zero attached hydrogens (tertiary/aromatic N) is 1. The molecule has 1 aliphatic carbocycles. The van der Waals surface area contributed by atoms with Gasteiger partial charge >= 0.3 is 0 Å². The van der Waals surface area contributed by atoms with Crippen LogP contribution in [0.15, 0.2) is 0 Å². The Labute approximate surface area is 103 Å². The number of rotatable bonds is 3. The van der Waals surface area contributed by atoms with Crippen LogP contribution in [-0.2, 0) is 9.59 Å². The summed E-state index contributed by atoms with van der Waals surface area (Å²) in [7, 11) is 0. The maximum Gasteiger partial charge on any atom is 0.246 e. The quantitative estimate of drug-likeness (QED) is 0.805. The molecule has 2 aliphatic rings. The molecule has 96 valence electrons. The van der Waals surface area contributed by atoms with Crippen LogP contribution in [0, 0.1) is 5.92 Å². The van der Waals surface area contributed by atoms with Gasteiger partial charge in [0.2, 0.25) is 11.8 Å². The second-order valence-corrected chi connectivity index (χ2v) is 5.32. The average Bonchev–Trinajstić information content (AvgIpc) is 2.21. The van der Waals surface area contributed by atoms with E-state index in [4.69, 9.17) is 0 Å². The monoisotopic (exact) mass is 238 g/mol. The second kappa shape index (κ2) is 4.67. The van der Waals surface area contributed by atoms with Crippen LogP contribution >= 0.6 is 0 Å². The first kappa shape index (κ1) is 12.4. The number of hydrogen-bond acceptors (Lipinski definition) is 2. The van der Waals surface area contributed by atoms with Crippen LogP contribution in [0.1, 0.15) is 46.5 Å². The summed E-state index contributed by atoms with van der Waals surface area (Å²) >= 11 is 0. The van der Waals surface area contributed by atoms with Crippen LogP contribution in [0.25, 0.3) is 0 Å². The molecular formula is C13H22N2O2. The third-order valence-corrected chi connectivity index (χ3v) is 4.34. The first-order valence-corrected chi connectivity index (χ1v) is 6.68. The van der Waals surface area contributed by atoms with Crippen molar-refractivity contribution in [2.24, 2.45) is 5.92 Å². The largest absolute Gasteiger partial charge is 0.343 e. The number of hydrogen-bond donors (Lipinski definition) is 1. The van der Waals surface area contributed by atoms with Gasteiger partial charge in [0.1, 0.15) is 12.1 Å². The first-order chi connectivity index (χ1) is 8.06. The van der Waals surface area contributed by atoms with Crippen molar-refractivity contribution < 1.29 is 9.59 Å². The molecule has 0 spiro atoms. The lowest BCUT2D eigenvalue weighted by Gasteiger charge is -2.45. The summed E-state index contributed by atoms with van der Waals surface area (Å²) in [6.07, 6.45) is 4.31. The van der Waals surface area contributed by atoms with Gasteiger partial charge in [-0.1, -0.05) is 13.3 Å². The summed E-state index contributed by atoms with van der Waals surface area (Å²) in [6.45, 7) is 5.85. The summed E-state index contributed by atoms with van der Waals surface area (Å²) < 4.78 is 0. The van der Waals surface area contributed by atoms with Gasteiger partial charge in [0, 0.05) is 6.04 Å². The summed E-state index contributed by atoms with van der Waals surface area (Å²) in [5.41, 5.74) is 0. The van der Waals surface area contributed by atoms with E-state index in [9.17, 15) is 9.59 Å². The van der Waals surface area contributed by atoms with Gasteiger partial charge in [0.25, 0.3) is 0 Å². The highest BCUT2D eigenvalue weighted by atomic mass is 16.2. The number of piperazine rings is 1. The fourth-order valence-corrected chi connectivity index (χ4v) is 2.83. The van der Waals surface area contributed by atoms with E-state index in [0.29, 0.717) is 12.3 Å². The zero-order valence-electron chi connectivity index (χ0n) is 10.9. The Morgan fingerprint density at radius 2 is 2.06 bits per heavy atom. The molecule has 2 fully saturated rings. The van der Waals surface area contributed by atoms with Crippen LogP contribution in [0.4, 0.5) is 0 Å². The van der Waals surface area contributed by atoms with E-state index in [1.165, 1.54) is 19.3 Å². The molecule has 1 N–H and O–H groups in total. The highest BCUT2D eigenvalue weighted by Crippen LogP contribution is 2.33. The molecule has 0 radical (unpaired) electrons. The van der Waals surface area contributed by atoms with Crippen LogP contribution in [-0.4, -0.2) is 34.8 Å². The Kier molecular flexibility index (Phi) is 3.40. The molecular weight excluding hydrogens is 216 g/mol. The molecule has 0 aromatic carbocycles. The topological polar surface area (TPSA) is 49.4 Å². The number of amides is 2. The molecule has 1 saturated heterocycles. The lowest BCUT2D eigenvalue weighted by molar-refractivity contribution is -0.153. The van der Waals surface area contributed by atoms with E-state index >= 15 is 0 Å². The van der Waals surface area contributed by atoms with Gasteiger partial charge in [-0.15, -0.1) is 0 Å². The van der Waals surface area contributed by atoms with Gasteiger partial charge in [-0.05, 0) is 39.0 Å². The molecule has 3 unspecified atom stereocenters. The molecule has 1 saturated carbocycles. The SMILES string of the molecule is CCC1NC(=O)C(C)N(C(C)C2CCC2)C1=O. The van der Waals surface area contributed by atoms with Crippen molar-refractivity contribution in [1.29, 1.82) is 0 Å². The van der Waals surface area contributed by atoms with Crippen LogP contribution in [0.5, 0.6) is 0 Å². The Balaban J connectivity index is 2.15. The Morgan fingerprint density at radius 3 is 2.53 bits per heavy atom. The molecule has 4 heteroatoms. The minimum absolute atomic E-state index is 0.0115. The van der Waals surface area contributed by atoms with Crippen LogP contribution in [0.3, 0.4) is 0 Å². The fraction of sp³-hybridized carbons (Fsp3) is 0.846. The average molecular weight is 238 g/mol. The van der Waals surface area contributed by atoms with Crippen molar-refractivity contribution in [3.8, 4) is 0 Å². The molecule has 4 nitrogen and oxygen atoms in total. The zero-order chi connectivity index (χ0) is 12.6. The number of carbonyl (C=O) groups excluding carboxylic acids is 2. The summed E-state index contributed by atoms with van der Waals surface area (Å²) in [6, 6.07) is -0.437. The lowest BCUT2D eigenvalue weighted by atomic mass is 9.79. The predicted octanol–water partition coefficient (Wildman–Crippen LogP) is 1.30. The predicted molar refractivity (Wildman–Crippen MR) is 65.3 cm³/mol. The molecule has 1 aliphatic heterocycles. The highest BCUT2D eigenvalue weighted by molar-refractivity contribution is 5.96. The van der Waals surface area contributed by atoms with Crippen LogP contribution in [0.2, 0.25) is 0 Å². The Bertz CT molecular complexity index is 325. The zero-order valence-corrected chi connectivity index (χ0v) is 10.9. The highest BCUT2D eigenvalue weighted by Gasteiger charge is 2.42. The standard InChI is InChI=1S/C13H22N2O2/c1-4-11-13(17)15(9(3)12(16)14-11)8(2)10-6-5-7-10/h8-11H,4-7H2,1-3H3,(H,14,16). The van der Waals surface area contributed by atoms with E-state index in [2.05, 4.69) is 12.2 Å². The molecule has 2 rings (SSSR count). The van der Waals surface area contributed by atoms with Crippen molar-refractivity contribution in [3.63, 3.8) is 0 Å². The van der Waals surface area contributed by atoms with Gasteiger partial charge in [0.15, 0.2) is 0 Å². The van der Waals surface area contributed by atoms with Crippen LogP contribution < -0.4 is 5.32 Å². The molecule has 3 atom stereocenters. The van der Waals surface area contributed by atoms with Crippen molar-refractivity contribution in [2.45, 2.75) is 64.6 Å². The van der Waals surface area contributed by atoms with Gasteiger partial charge in [-0.3, -0.25) is 9.59 Å². The van der Waals surface area contributed by atoms with Gasteiger partial charge in [-0.2, -0.15) is 0 Å². The molecule has 2 amide bonds. The maximum atomic E-state index is 12.3. The Hall–Kier alpha value is -1.06. The van der Waals surface area contributed by atoms with E-state index < -0.39 is 0 Å². The third-order valence-electron chi connectivity index (χ3n) is 4.34. The summed E-state index contributed by atoms with van der Waals surface area (Å²) in [5, 5.41) is 2.80. The minimum atomic E-state index is -0.319. The minimum Gasteiger partial charge on any atom is -0.343 e. The van der Waals surface area contributed by atoms with Gasteiger partial charge in [0.05, 0.1) is 0 Å². The lowest BCUT2D eigenvalue weighted by Crippen LogP contribution is -2.65. The van der Waals surface area contributed by atoms with Crippen molar-refractivity contribution >= 4 is 11.8 Å². The summed E-state index contributed by atoms with van der Waals surface area (Å²) in [4.78, 5) is 26.0. The fourth-order valence-electron chi connectivity index (χ4n) is 2.83. The smallest absolute Gasteiger partial charge is 0.246 e.